The summed E-state index contributed by atoms with van der Waals surface area (Å²) in [7, 11) is 0. The third kappa shape index (κ3) is 11.9. The molecule has 0 amide bonds. The molecule has 4 fully saturated rings. The van der Waals surface area contributed by atoms with Crippen LogP contribution in [-0.4, -0.2) is 26.3 Å². The van der Waals surface area contributed by atoms with Gasteiger partial charge in [0.25, 0.3) is 0 Å². The molecule has 40 heavy (non-hydrogen) atoms. The predicted octanol–water partition coefficient (Wildman–Crippen LogP) is 7.42. The summed E-state index contributed by atoms with van der Waals surface area (Å²) in [6.07, 6.45) is 33.8. The van der Waals surface area contributed by atoms with Crippen molar-refractivity contribution in [2.24, 2.45) is 0 Å². The molecule has 0 bridgehead atoms. The second-order valence-corrected chi connectivity index (χ2v) is 15.2. The van der Waals surface area contributed by atoms with Crippen molar-refractivity contribution < 1.29 is 34.1 Å². The Hall–Kier alpha value is 0.518. The minimum Gasteiger partial charge on any atom is -0.0312 e. The van der Waals surface area contributed by atoms with E-state index in [0.717, 1.165) is 0 Å². The maximum atomic E-state index is 2.35. The van der Waals surface area contributed by atoms with Crippen molar-refractivity contribution in [2.45, 2.75) is 25.7 Å². The fourth-order valence-electron chi connectivity index (χ4n) is 4.28. The van der Waals surface area contributed by atoms with Gasteiger partial charge < -0.3 is 0 Å². The molecule has 0 aromatic heterocycles. The molecule has 4 aliphatic rings. The molecule has 4 saturated carbocycles. The van der Waals surface area contributed by atoms with Crippen LogP contribution in [0.5, 0.6) is 0 Å². The first-order chi connectivity index (χ1) is 18.7. The van der Waals surface area contributed by atoms with E-state index in [1.165, 1.54) is 23.0 Å². The molecular weight excluding hydrogens is 702 g/mol. The Morgan fingerprint density at radius 2 is 0.700 bits per heavy atom. The molecule has 0 spiro atoms. The van der Waals surface area contributed by atoms with E-state index in [0.29, 0.717) is 38.1 Å². The molecule has 0 heterocycles. The molecule has 2 aromatic carbocycles. The van der Waals surface area contributed by atoms with Gasteiger partial charge in [-0.25, -0.2) is 0 Å². The summed E-state index contributed by atoms with van der Waals surface area (Å²) < 4.78 is 0. The predicted molar refractivity (Wildman–Crippen MR) is 163 cm³/mol. The Labute approximate surface area is 280 Å². The summed E-state index contributed by atoms with van der Waals surface area (Å²) >= 11 is 1.02. The maximum absolute atomic E-state index is 2.35. The second kappa shape index (κ2) is 21.3. The topological polar surface area (TPSA) is 0 Å². The van der Waals surface area contributed by atoms with Gasteiger partial charge in [-0.2, -0.15) is 0 Å². The molecule has 0 aliphatic heterocycles. The monoisotopic (exact) mass is 738 g/mol. The standard InChI is InChI=1S/C26H24Se2.2C5H5.2Fe/c1-19(21-11-5-3-6-12-21)23-15-9-17-25(23)27-28-26-18-10-16-24(26)20(2)22-13-7-4-8-14-22;2*1-2-4-5-3-1;;/h3-20H,1-2H3;2*1-5H;;/q;;;2*+2/t19-,20-;;;;/m1..../s1. The van der Waals surface area contributed by atoms with Crippen molar-refractivity contribution >= 4 is 26.3 Å². The van der Waals surface area contributed by atoms with Crippen LogP contribution >= 0.6 is 0 Å². The van der Waals surface area contributed by atoms with Gasteiger partial charge in [0.1, 0.15) is 0 Å². The first kappa shape index (κ1) is 36.7. The molecule has 6 rings (SSSR count). The number of rotatable bonds is 7. The number of hydrogen-bond acceptors (Lipinski definition) is 0. The summed E-state index contributed by atoms with van der Waals surface area (Å²) in [6.45, 7) is 4.67. The van der Waals surface area contributed by atoms with E-state index in [2.05, 4.69) is 113 Å². The molecule has 4 heteroatoms. The van der Waals surface area contributed by atoms with E-state index >= 15 is 0 Å². The SMILES string of the molecule is C[C@@H]([C]1[CH][CH][CH][C]1[Se][Se][C]1[CH][CH][CH][C]1[C@H](C)c1ccccc1)c1ccccc1.[CH]1[CH][CH][CH][CH]1.[CH]1[CH][CH][CH][CH]1.[Fe+2].[Fe+2]. The summed E-state index contributed by atoms with van der Waals surface area (Å²) in [5.41, 5.74) is 2.81. The van der Waals surface area contributed by atoms with E-state index in [1.54, 1.807) is 9.63 Å². The van der Waals surface area contributed by atoms with Crippen LogP contribution in [0.25, 0.3) is 0 Å². The fraction of sp³-hybridized carbons (Fsp3) is 0.111. The van der Waals surface area contributed by atoms with Gasteiger partial charge in [-0.1, -0.05) is 0 Å². The van der Waals surface area contributed by atoms with Gasteiger partial charge in [-0.15, -0.1) is 0 Å². The zero-order valence-electron chi connectivity index (χ0n) is 22.7. The smallest absolute Gasteiger partial charge is 0.0312 e. The molecular formula is C36H34Fe2Se2+4. The van der Waals surface area contributed by atoms with Gasteiger partial charge in [0.15, 0.2) is 0 Å². The zero-order chi connectivity index (χ0) is 26.4. The quantitative estimate of drug-likeness (QED) is 0.260. The molecule has 0 unspecified atom stereocenters. The van der Waals surface area contributed by atoms with Crippen molar-refractivity contribution in [3.8, 4) is 0 Å². The first-order valence-corrected chi connectivity index (χ1v) is 19.1. The van der Waals surface area contributed by atoms with Gasteiger partial charge in [0.05, 0.1) is 0 Å². The van der Waals surface area contributed by atoms with Crippen LogP contribution in [0.2, 0.25) is 0 Å². The van der Waals surface area contributed by atoms with Gasteiger partial charge in [0, 0.05) is 0 Å². The van der Waals surface area contributed by atoms with Crippen molar-refractivity contribution in [3.05, 3.63) is 196 Å². The Bertz CT molecular complexity index is 780. The molecule has 4 aliphatic carbocycles. The van der Waals surface area contributed by atoms with Crippen LogP contribution < -0.4 is 0 Å². The molecule has 2 atom stereocenters. The van der Waals surface area contributed by atoms with E-state index in [9.17, 15) is 0 Å². The Morgan fingerprint density at radius 1 is 0.400 bits per heavy atom. The maximum Gasteiger partial charge on any atom is 2.00 e. The first-order valence-electron chi connectivity index (χ1n) is 13.0. The van der Waals surface area contributed by atoms with Crippen LogP contribution in [0.4, 0.5) is 0 Å². The number of hydrogen-bond donors (Lipinski definition) is 0. The van der Waals surface area contributed by atoms with Gasteiger partial charge in [-0.05, 0) is 64.2 Å². The molecule has 202 valence electrons. The fourth-order valence-corrected chi connectivity index (χ4v) is 11.9. The van der Waals surface area contributed by atoms with Gasteiger partial charge in [0.2, 0.25) is 0 Å². The van der Waals surface area contributed by atoms with Gasteiger partial charge in [-0.3, -0.25) is 0 Å². The van der Waals surface area contributed by atoms with E-state index < -0.39 is 0 Å². The third-order valence-electron chi connectivity index (χ3n) is 6.48. The molecule has 20 radical (unpaired) electrons. The van der Waals surface area contributed by atoms with Crippen molar-refractivity contribution in [2.75, 3.05) is 0 Å². The molecule has 0 nitrogen and oxygen atoms in total. The van der Waals surface area contributed by atoms with E-state index in [1.807, 2.05) is 64.2 Å². The minimum absolute atomic E-state index is 0. The van der Waals surface area contributed by atoms with Crippen molar-refractivity contribution in [1.29, 1.82) is 0 Å². The minimum atomic E-state index is 0. The summed E-state index contributed by atoms with van der Waals surface area (Å²) in [5.74, 6) is 3.95. The summed E-state index contributed by atoms with van der Waals surface area (Å²) in [5, 5.41) is 0. The average Bonchev–Trinajstić information content (AvgIpc) is 3.81. The third-order valence-corrected chi connectivity index (χ3v) is 13.8. The van der Waals surface area contributed by atoms with Crippen molar-refractivity contribution in [1.82, 2.24) is 0 Å². The molecule has 0 N–H and O–H groups in total. The normalized spacial score (nSPS) is 21.4. The Morgan fingerprint density at radius 3 is 1.00 bits per heavy atom. The van der Waals surface area contributed by atoms with Crippen LogP contribution in [0, 0.1) is 124 Å². The largest absolute Gasteiger partial charge is 2.00 e. The van der Waals surface area contributed by atoms with Crippen LogP contribution in [0.15, 0.2) is 60.7 Å². The van der Waals surface area contributed by atoms with E-state index in [-0.39, 0.29) is 34.1 Å². The zero-order valence-corrected chi connectivity index (χ0v) is 28.3. The molecule has 0 saturated heterocycles. The Kier molecular flexibility index (Phi) is 19.5. The average molecular weight is 736 g/mol. The van der Waals surface area contributed by atoms with Crippen LogP contribution in [0.1, 0.15) is 36.8 Å². The van der Waals surface area contributed by atoms with Crippen LogP contribution in [-0.2, 0) is 34.1 Å². The van der Waals surface area contributed by atoms with E-state index in [4.69, 9.17) is 0 Å². The second-order valence-electron chi connectivity index (χ2n) is 9.05. The summed E-state index contributed by atoms with van der Waals surface area (Å²) in [6, 6.07) is 21.8. The Balaban J connectivity index is 0.000000392. The summed E-state index contributed by atoms with van der Waals surface area (Å²) in [4.78, 5) is 3.15. The van der Waals surface area contributed by atoms with Crippen LogP contribution in [0.3, 0.4) is 0 Å². The van der Waals surface area contributed by atoms with Crippen molar-refractivity contribution in [3.63, 3.8) is 0 Å². The molecule has 2 aromatic rings. The number of benzene rings is 2. The van der Waals surface area contributed by atoms with Gasteiger partial charge >= 0.3 is 218 Å².